The Bertz CT molecular complexity index is 485. The second-order valence-corrected chi connectivity index (χ2v) is 5.51. The molecule has 0 aromatic carbocycles. The van der Waals surface area contributed by atoms with Crippen LogP contribution in [0.1, 0.15) is 13.3 Å². The van der Waals surface area contributed by atoms with E-state index < -0.39 is 12.7 Å². The van der Waals surface area contributed by atoms with Gasteiger partial charge in [0.15, 0.2) is 5.96 Å². The summed E-state index contributed by atoms with van der Waals surface area (Å²) in [6.07, 6.45) is 0.111. The summed E-state index contributed by atoms with van der Waals surface area (Å²) in [6, 6.07) is 1.83. The van der Waals surface area contributed by atoms with Gasteiger partial charge in [0, 0.05) is 38.1 Å². The van der Waals surface area contributed by atoms with E-state index in [1.807, 2.05) is 19.2 Å². The number of nitrogens with zero attached hydrogens (tertiary/aromatic N) is 4. The minimum Gasteiger partial charge on any atom is -0.357 e. The van der Waals surface area contributed by atoms with Crippen LogP contribution in [0.4, 0.5) is 13.2 Å². The molecule has 1 saturated heterocycles. The maximum atomic E-state index is 12.4. The maximum absolute atomic E-state index is 12.4. The van der Waals surface area contributed by atoms with Gasteiger partial charge in [-0.05, 0) is 19.4 Å². The molecule has 1 atom stereocenters. The molecule has 130 valence electrons. The zero-order chi connectivity index (χ0) is 16.7. The summed E-state index contributed by atoms with van der Waals surface area (Å²) in [4.78, 5) is 5.87. The van der Waals surface area contributed by atoms with E-state index in [4.69, 9.17) is 0 Å². The highest BCUT2D eigenvalue weighted by Gasteiger charge is 2.34. The van der Waals surface area contributed by atoms with Gasteiger partial charge < -0.3 is 10.6 Å². The molecule has 9 heteroatoms. The van der Waals surface area contributed by atoms with E-state index in [0.29, 0.717) is 45.1 Å². The van der Waals surface area contributed by atoms with Crippen LogP contribution in [0.3, 0.4) is 0 Å². The predicted molar refractivity (Wildman–Crippen MR) is 82.2 cm³/mol. The highest BCUT2D eigenvalue weighted by molar-refractivity contribution is 5.80. The molecule has 0 bridgehead atoms. The van der Waals surface area contributed by atoms with Crippen LogP contribution in [0.2, 0.25) is 0 Å². The number of alkyl halides is 3. The standard InChI is InChI=1S/C14H23F3N6/c1-2-18-13(19-6-9-23-7-3-5-20-23)21-12-4-8-22(10-12)11-14(15,16)17/h3,5,7,12H,2,4,6,8-11H2,1H3,(H2,18,19,21). The van der Waals surface area contributed by atoms with Gasteiger partial charge in [0.1, 0.15) is 0 Å². The summed E-state index contributed by atoms with van der Waals surface area (Å²) >= 11 is 0. The largest absolute Gasteiger partial charge is 0.401 e. The fraction of sp³-hybridized carbons (Fsp3) is 0.714. The number of hydrogen-bond acceptors (Lipinski definition) is 3. The van der Waals surface area contributed by atoms with Gasteiger partial charge in [0.05, 0.1) is 19.6 Å². The Hall–Kier alpha value is -1.77. The summed E-state index contributed by atoms with van der Waals surface area (Å²) in [5.41, 5.74) is 0. The maximum Gasteiger partial charge on any atom is 0.401 e. The number of rotatable bonds is 6. The molecule has 23 heavy (non-hydrogen) atoms. The molecule has 0 radical (unpaired) electrons. The molecule has 1 aliphatic heterocycles. The van der Waals surface area contributed by atoms with Gasteiger partial charge in [-0.15, -0.1) is 0 Å². The Labute approximate surface area is 133 Å². The van der Waals surface area contributed by atoms with E-state index >= 15 is 0 Å². The minimum absolute atomic E-state index is 0.0140. The zero-order valence-electron chi connectivity index (χ0n) is 13.2. The van der Waals surface area contributed by atoms with Gasteiger partial charge >= 0.3 is 6.18 Å². The molecule has 0 aliphatic carbocycles. The number of aliphatic imine (C=N–C) groups is 1. The molecular weight excluding hydrogens is 309 g/mol. The summed E-state index contributed by atoms with van der Waals surface area (Å²) in [5.74, 6) is 0.638. The Balaban J connectivity index is 1.79. The lowest BCUT2D eigenvalue weighted by Crippen LogP contribution is -2.45. The lowest BCUT2D eigenvalue weighted by atomic mass is 10.3. The molecule has 1 aliphatic rings. The third-order valence-electron chi connectivity index (χ3n) is 3.52. The van der Waals surface area contributed by atoms with Gasteiger partial charge in [-0.2, -0.15) is 18.3 Å². The molecule has 2 rings (SSSR count). The van der Waals surface area contributed by atoms with Crippen molar-refractivity contribution >= 4 is 5.96 Å². The van der Waals surface area contributed by atoms with E-state index in [0.717, 1.165) is 0 Å². The highest BCUT2D eigenvalue weighted by atomic mass is 19.4. The number of hydrogen-bond donors (Lipinski definition) is 2. The van der Waals surface area contributed by atoms with Crippen molar-refractivity contribution in [3.63, 3.8) is 0 Å². The van der Waals surface area contributed by atoms with Crippen LogP contribution >= 0.6 is 0 Å². The molecule has 2 heterocycles. The van der Waals surface area contributed by atoms with Crippen LogP contribution in [0.15, 0.2) is 23.5 Å². The van der Waals surface area contributed by atoms with E-state index in [9.17, 15) is 13.2 Å². The van der Waals surface area contributed by atoms with Crippen molar-refractivity contribution in [3.05, 3.63) is 18.5 Å². The van der Waals surface area contributed by atoms with Crippen molar-refractivity contribution in [2.24, 2.45) is 4.99 Å². The summed E-state index contributed by atoms with van der Waals surface area (Å²) in [6.45, 7) is 3.84. The Morgan fingerprint density at radius 3 is 2.91 bits per heavy atom. The molecule has 1 fully saturated rings. The van der Waals surface area contributed by atoms with Crippen molar-refractivity contribution in [2.75, 3.05) is 32.7 Å². The highest BCUT2D eigenvalue weighted by Crippen LogP contribution is 2.19. The molecule has 0 saturated carbocycles. The van der Waals surface area contributed by atoms with Crippen molar-refractivity contribution in [2.45, 2.75) is 32.1 Å². The first-order chi connectivity index (χ1) is 11.0. The van der Waals surface area contributed by atoms with Gasteiger partial charge in [-0.25, -0.2) is 0 Å². The van der Waals surface area contributed by atoms with Crippen LogP contribution in [-0.2, 0) is 6.54 Å². The monoisotopic (exact) mass is 332 g/mol. The molecule has 0 amide bonds. The average molecular weight is 332 g/mol. The first kappa shape index (κ1) is 17.6. The Morgan fingerprint density at radius 2 is 2.26 bits per heavy atom. The van der Waals surface area contributed by atoms with Gasteiger partial charge in [-0.3, -0.25) is 14.6 Å². The van der Waals surface area contributed by atoms with E-state index in [2.05, 4.69) is 20.7 Å². The minimum atomic E-state index is -4.14. The van der Waals surface area contributed by atoms with Crippen LogP contribution in [0, 0.1) is 0 Å². The van der Waals surface area contributed by atoms with Crippen molar-refractivity contribution in [1.82, 2.24) is 25.3 Å². The Kier molecular flexibility index (Phi) is 6.26. The first-order valence-corrected chi connectivity index (χ1v) is 7.77. The van der Waals surface area contributed by atoms with Crippen molar-refractivity contribution in [3.8, 4) is 0 Å². The lowest BCUT2D eigenvalue weighted by molar-refractivity contribution is -0.143. The molecule has 1 aromatic rings. The van der Waals surface area contributed by atoms with Crippen LogP contribution in [0.5, 0.6) is 0 Å². The zero-order valence-corrected chi connectivity index (χ0v) is 13.2. The van der Waals surface area contributed by atoms with Crippen molar-refractivity contribution in [1.29, 1.82) is 0 Å². The topological polar surface area (TPSA) is 57.5 Å². The molecule has 2 N–H and O–H groups in total. The number of nitrogens with one attached hydrogen (secondary N) is 2. The number of likely N-dealkylation sites (tertiary alicyclic amines) is 1. The second kappa shape index (κ2) is 8.19. The van der Waals surface area contributed by atoms with Crippen LogP contribution in [-0.4, -0.2) is 65.6 Å². The van der Waals surface area contributed by atoms with Crippen LogP contribution in [0.25, 0.3) is 0 Å². The van der Waals surface area contributed by atoms with E-state index in [1.165, 1.54) is 4.90 Å². The third kappa shape index (κ3) is 6.47. The average Bonchev–Trinajstić information content (AvgIpc) is 3.09. The van der Waals surface area contributed by atoms with Gasteiger partial charge in [0.2, 0.25) is 0 Å². The summed E-state index contributed by atoms with van der Waals surface area (Å²) in [7, 11) is 0. The molecule has 6 nitrogen and oxygen atoms in total. The molecule has 0 spiro atoms. The number of aromatic nitrogens is 2. The number of halogens is 3. The SMILES string of the molecule is CCNC(=NCCn1cccn1)NC1CCN(CC(F)(F)F)C1. The quantitative estimate of drug-likeness (QED) is 0.604. The number of guanidine groups is 1. The van der Waals surface area contributed by atoms with E-state index in [-0.39, 0.29) is 6.04 Å². The van der Waals surface area contributed by atoms with Crippen molar-refractivity contribution < 1.29 is 13.2 Å². The van der Waals surface area contributed by atoms with Gasteiger partial charge in [-0.1, -0.05) is 0 Å². The van der Waals surface area contributed by atoms with Crippen LogP contribution < -0.4 is 10.6 Å². The van der Waals surface area contributed by atoms with Gasteiger partial charge in [0.25, 0.3) is 0 Å². The Morgan fingerprint density at radius 1 is 1.43 bits per heavy atom. The second-order valence-electron chi connectivity index (χ2n) is 5.51. The van der Waals surface area contributed by atoms with E-state index in [1.54, 1.807) is 10.9 Å². The summed E-state index contributed by atoms with van der Waals surface area (Å²) in [5, 5.41) is 10.4. The molecule has 1 unspecified atom stereocenters. The molecule has 1 aromatic heterocycles. The summed E-state index contributed by atoms with van der Waals surface area (Å²) < 4.78 is 39.0. The lowest BCUT2D eigenvalue weighted by Gasteiger charge is -2.19. The normalized spacial score (nSPS) is 20.0. The predicted octanol–water partition coefficient (Wildman–Crippen LogP) is 1.07. The fourth-order valence-corrected chi connectivity index (χ4v) is 2.56. The first-order valence-electron chi connectivity index (χ1n) is 7.77. The fourth-order valence-electron chi connectivity index (χ4n) is 2.56. The third-order valence-corrected chi connectivity index (χ3v) is 3.52. The smallest absolute Gasteiger partial charge is 0.357 e. The molecular formula is C14H23F3N6.